The first kappa shape index (κ1) is 13.5. The van der Waals surface area contributed by atoms with E-state index in [2.05, 4.69) is 24.3 Å². The standard InChI is InChI=1S/C15H20O2S/c1-11(15(16)17)10-12-2-4-13(5-3-12)14-6-8-18-9-7-14/h2-5,11,14H,6-10H2,1H3,(H,16,17). The van der Waals surface area contributed by atoms with Gasteiger partial charge in [-0.05, 0) is 47.8 Å². The second-order valence-corrected chi connectivity index (χ2v) is 6.30. The first-order valence-corrected chi connectivity index (χ1v) is 7.71. The fourth-order valence-electron chi connectivity index (χ4n) is 2.40. The summed E-state index contributed by atoms with van der Waals surface area (Å²) in [5, 5.41) is 8.90. The van der Waals surface area contributed by atoms with Gasteiger partial charge >= 0.3 is 5.97 Å². The number of benzene rings is 1. The SMILES string of the molecule is CC(Cc1ccc(C2CCSCC2)cc1)C(=O)O. The first-order chi connectivity index (χ1) is 8.66. The van der Waals surface area contributed by atoms with Gasteiger partial charge in [-0.2, -0.15) is 11.8 Å². The predicted molar refractivity (Wildman–Crippen MR) is 76.2 cm³/mol. The van der Waals surface area contributed by atoms with Crippen molar-refractivity contribution in [2.75, 3.05) is 11.5 Å². The number of hydrogen-bond donors (Lipinski definition) is 1. The number of hydrogen-bond acceptors (Lipinski definition) is 2. The van der Waals surface area contributed by atoms with Crippen LogP contribution in [0.3, 0.4) is 0 Å². The van der Waals surface area contributed by atoms with E-state index in [1.54, 1.807) is 6.92 Å². The Hall–Kier alpha value is -0.960. The van der Waals surface area contributed by atoms with Crippen molar-refractivity contribution < 1.29 is 9.90 Å². The summed E-state index contributed by atoms with van der Waals surface area (Å²) in [4.78, 5) is 10.8. The summed E-state index contributed by atoms with van der Waals surface area (Å²) < 4.78 is 0. The van der Waals surface area contributed by atoms with E-state index in [4.69, 9.17) is 5.11 Å². The number of carboxylic acid groups (broad SMARTS) is 1. The van der Waals surface area contributed by atoms with E-state index in [9.17, 15) is 4.79 Å². The maximum atomic E-state index is 10.8. The minimum absolute atomic E-state index is 0.304. The number of carboxylic acids is 1. The van der Waals surface area contributed by atoms with Gasteiger partial charge < -0.3 is 5.11 Å². The van der Waals surface area contributed by atoms with Crippen molar-refractivity contribution in [1.29, 1.82) is 0 Å². The molecule has 1 fully saturated rings. The van der Waals surface area contributed by atoms with Gasteiger partial charge in [0.2, 0.25) is 0 Å². The van der Waals surface area contributed by atoms with Crippen molar-refractivity contribution in [3.05, 3.63) is 35.4 Å². The molecule has 98 valence electrons. The van der Waals surface area contributed by atoms with Crippen LogP contribution in [0.15, 0.2) is 24.3 Å². The third-order valence-electron chi connectivity index (χ3n) is 3.64. The Morgan fingerprint density at radius 2 is 1.94 bits per heavy atom. The van der Waals surface area contributed by atoms with Gasteiger partial charge in [0.05, 0.1) is 5.92 Å². The molecule has 0 radical (unpaired) electrons. The normalized spacial score (nSPS) is 18.5. The van der Waals surface area contributed by atoms with Crippen LogP contribution in [-0.2, 0) is 11.2 Å². The Morgan fingerprint density at radius 3 is 2.50 bits per heavy atom. The molecule has 1 N–H and O–H groups in total. The topological polar surface area (TPSA) is 37.3 Å². The van der Waals surface area contributed by atoms with Crippen molar-refractivity contribution in [2.24, 2.45) is 5.92 Å². The summed E-state index contributed by atoms with van der Waals surface area (Å²) in [7, 11) is 0. The van der Waals surface area contributed by atoms with E-state index in [-0.39, 0.29) is 5.92 Å². The summed E-state index contributed by atoms with van der Waals surface area (Å²) in [6.07, 6.45) is 3.17. The van der Waals surface area contributed by atoms with Gasteiger partial charge in [-0.25, -0.2) is 0 Å². The molecular formula is C15H20O2S. The quantitative estimate of drug-likeness (QED) is 0.903. The molecule has 1 aliphatic rings. The van der Waals surface area contributed by atoms with Crippen molar-refractivity contribution in [3.8, 4) is 0 Å². The van der Waals surface area contributed by atoms with Crippen molar-refractivity contribution >= 4 is 17.7 Å². The minimum Gasteiger partial charge on any atom is -0.481 e. The zero-order valence-corrected chi connectivity index (χ0v) is 11.6. The van der Waals surface area contributed by atoms with Gasteiger partial charge in [0.25, 0.3) is 0 Å². The lowest BCUT2D eigenvalue weighted by Crippen LogP contribution is -2.12. The molecule has 0 spiro atoms. The molecule has 3 heteroatoms. The molecule has 2 rings (SSSR count). The molecule has 0 saturated carbocycles. The van der Waals surface area contributed by atoms with Crippen LogP contribution >= 0.6 is 11.8 Å². The molecule has 18 heavy (non-hydrogen) atoms. The summed E-state index contributed by atoms with van der Waals surface area (Å²) in [6.45, 7) is 1.76. The molecule has 1 unspecified atom stereocenters. The maximum Gasteiger partial charge on any atom is 0.306 e. The lowest BCUT2D eigenvalue weighted by molar-refractivity contribution is -0.141. The lowest BCUT2D eigenvalue weighted by atomic mass is 9.91. The molecular weight excluding hydrogens is 244 g/mol. The summed E-state index contributed by atoms with van der Waals surface area (Å²) in [5.74, 6) is 2.22. The number of rotatable bonds is 4. The Labute approximate surface area is 113 Å². The number of aliphatic carboxylic acids is 1. The molecule has 0 amide bonds. The molecule has 0 aromatic heterocycles. The third kappa shape index (κ3) is 3.52. The Bertz CT molecular complexity index is 393. The molecule has 1 atom stereocenters. The van der Waals surface area contributed by atoms with Crippen molar-refractivity contribution in [1.82, 2.24) is 0 Å². The number of carbonyl (C=O) groups is 1. The Balaban J connectivity index is 1.98. The predicted octanol–water partition coefficient (Wildman–Crippen LogP) is 3.56. The minimum atomic E-state index is -0.719. The van der Waals surface area contributed by atoms with Gasteiger partial charge in [0.1, 0.15) is 0 Å². The van der Waals surface area contributed by atoms with Gasteiger partial charge in [0.15, 0.2) is 0 Å². The van der Waals surface area contributed by atoms with Crippen LogP contribution in [0.1, 0.15) is 36.8 Å². The summed E-state index contributed by atoms with van der Waals surface area (Å²) in [6, 6.07) is 8.56. The lowest BCUT2D eigenvalue weighted by Gasteiger charge is -2.22. The van der Waals surface area contributed by atoms with Crippen LogP contribution in [0, 0.1) is 5.92 Å². The maximum absolute atomic E-state index is 10.8. The van der Waals surface area contributed by atoms with Crippen LogP contribution in [0.2, 0.25) is 0 Å². The van der Waals surface area contributed by atoms with Gasteiger partial charge in [-0.1, -0.05) is 31.2 Å². The third-order valence-corrected chi connectivity index (χ3v) is 4.68. The molecule has 1 aromatic carbocycles. The monoisotopic (exact) mass is 264 g/mol. The highest BCUT2D eigenvalue weighted by Gasteiger charge is 2.16. The molecule has 1 aliphatic heterocycles. The second kappa shape index (κ2) is 6.28. The summed E-state index contributed by atoms with van der Waals surface area (Å²) in [5.41, 5.74) is 2.54. The Kier molecular flexibility index (Phi) is 4.70. The molecule has 0 aliphatic carbocycles. The van der Waals surface area contributed by atoms with Gasteiger partial charge in [-0.3, -0.25) is 4.79 Å². The zero-order valence-electron chi connectivity index (χ0n) is 10.8. The van der Waals surface area contributed by atoms with E-state index in [0.29, 0.717) is 12.3 Å². The van der Waals surface area contributed by atoms with Crippen LogP contribution in [-0.4, -0.2) is 22.6 Å². The Morgan fingerprint density at radius 1 is 1.33 bits per heavy atom. The van der Waals surface area contributed by atoms with E-state index >= 15 is 0 Å². The van der Waals surface area contributed by atoms with Crippen LogP contribution in [0.25, 0.3) is 0 Å². The van der Waals surface area contributed by atoms with Crippen LogP contribution in [0.5, 0.6) is 0 Å². The average Bonchev–Trinajstić information content (AvgIpc) is 2.40. The fourth-order valence-corrected chi connectivity index (χ4v) is 3.50. The highest BCUT2D eigenvalue weighted by molar-refractivity contribution is 7.99. The van der Waals surface area contributed by atoms with E-state index in [1.165, 1.54) is 29.9 Å². The van der Waals surface area contributed by atoms with Gasteiger partial charge in [0, 0.05) is 0 Å². The largest absolute Gasteiger partial charge is 0.481 e. The highest BCUT2D eigenvalue weighted by Crippen LogP contribution is 2.31. The molecule has 2 nitrogen and oxygen atoms in total. The van der Waals surface area contributed by atoms with Crippen molar-refractivity contribution in [3.63, 3.8) is 0 Å². The molecule has 1 saturated heterocycles. The van der Waals surface area contributed by atoms with E-state index in [0.717, 1.165) is 5.56 Å². The smallest absolute Gasteiger partial charge is 0.306 e. The second-order valence-electron chi connectivity index (χ2n) is 5.07. The molecule has 0 bridgehead atoms. The highest BCUT2D eigenvalue weighted by atomic mass is 32.2. The summed E-state index contributed by atoms with van der Waals surface area (Å²) >= 11 is 2.04. The molecule has 1 aromatic rings. The average molecular weight is 264 g/mol. The van der Waals surface area contributed by atoms with E-state index < -0.39 is 5.97 Å². The first-order valence-electron chi connectivity index (χ1n) is 6.56. The zero-order chi connectivity index (χ0) is 13.0. The van der Waals surface area contributed by atoms with E-state index in [1.807, 2.05) is 11.8 Å². The molecule has 1 heterocycles. The van der Waals surface area contributed by atoms with Crippen LogP contribution < -0.4 is 0 Å². The number of thioether (sulfide) groups is 1. The fraction of sp³-hybridized carbons (Fsp3) is 0.533. The van der Waals surface area contributed by atoms with Gasteiger partial charge in [-0.15, -0.1) is 0 Å². The van der Waals surface area contributed by atoms with Crippen LogP contribution in [0.4, 0.5) is 0 Å². The van der Waals surface area contributed by atoms with Crippen molar-refractivity contribution in [2.45, 2.75) is 32.1 Å².